The lowest BCUT2D eigenvalue weighted by molar-refractivity contribution is 0.208. The number of aliphatic hydroxyl groups is 1. The van der Waals surface area contributed by atoms with Gasteiger partial charge in [-0.05, 0) is 18.9 Å². The Hall–Kier alpha value is -0.0800. The molecule has 0 aromatic rings. The van der Waals surface area contributed by atoms with Crippen LogP contribution in [0.15, 0.2) is 0 Å². The molecule has 0 aromatic heterocycles. The van der Waals surface area contributed by atoms with E-state index in [9.17, 15) is 0 Å². The minimum Gasteiger partial charge on any atom is -0.396 e. The van der Waals surface area contributed by atoms with Gasteiger partial charge in [-0.3, -0.25) is 0 Å². The summed E-state index contributed by atoms with van der Waals surface area (Å²) >= 11 is 0. The van der Waals surface area contributed by atoms with E-state index in [1.54, 1.807) is 0 Å². The molecule has 1 rings (SSSR count). The van der Waals surface area contributed by atoms with Gasteiger partial charge in [0.25, 0.3) is 0 Å². The first-order chi connectivity index (χ1) is 6.24. The second-order valence-corrected chi connectivity index (χ2v) is 3.14. The summed E-state index contributed by atoms with van der Waals surface area (Å²) < 4.78 is 0. The summed E-state index contributed by atoms with van der Waals surface area (Å²) in [5.41, 5.74) is 0. The highest BCUT2D eigenvalue weighted by atomic mass is 16.3. The molecule has 1 saturated heterocycles. The van der Waals surface area contributed by atoms with Gasteiger partial charge in [0.1, 0.15) is 0 Å². The van der Waals surface area contributed by atoms with Crippen molar-refractivity contribution in [3.63, 3.8) is 0 Å². The maximum Gasteiger partial charge on any atom is 0.0474 e. The summed E-state index contributed by atoms with van der Waals surface area (Å²) in [6, 6.07) is 0. The lowest BCUT2D eigenvalue weighted by Gasteiger charge is -2.08. The largest absolute Gasteiger partial charge is 0.396 e. The van der Waals surface area contributed by atoms with Gasteiger partial charge >= 0.3 is 0 Å². The average Bonchev–Trinajstić information content (AvgIpc) is 2.51. The molecule has 1 fully saturated rings. The van der Waals surface area contributed by atoms with E-state index in [1.807, 2.05) is 27.7 Å². The molecule has 2 nitrogen and oxygen atoms in total. The zero-order valence-corrected chi connectivity index (χ0v) is 10.2. The van der Waals surface area contributed by atoms with Gasteiger partial charge < -0.3 is 10.0 Å². The first-order valence-corrected chi connectivity index (χ1v) is 5.53. The molecular formula is C11H27NO. The average molecular weight is 189 g/mol. The van der Waals surface area contributed by atoms with Crippen molar-refractivity contribution in [3.8, 4) is 0 Å². The third-order valence-corrected chi connectivity index (χ3v) is 2.19. The summed E-state index contributed by atoms with van der Waals surface area (Å²) in [6.45, 7) is 12.8. The highest BCUT2D eigenvalue weighted by molar-refractivity contribution is 4.78. The maximum absolute atomic E-state index is 8.83. The van der Waals surface area contributed by atoms with E-state index in [4.69, 9.17) is 5.11 Å². The Morgan fingerprint density at radius 2 is 1.62 bits per heavy atom. The number of nitrogens with zero attached hydrogens (tertiary/aromatic N) is 1. The minimum atomic E-state index is 0.353. The van der Waals surface area contributed by atoms with E-state index >= 15 is 0 Å². The van der Waals surface area contributed by atoms with Crippen molar-refractivity contribution in [1.82, 2.24) is 4.90 Å². The van der Waals surface area contributed by atoms with Gasteiger partial charge in [0.2, 0.25) is 0 Å². The molecule has 1 aliphatic heterocycles. The van der Waals surface area contributed by atoms with Crippen molar-refractivity contribution >= 4 is 0 Å². The van der Waals surface area contributed by atoms with Gasteiger partial charge in [0.05, 0.1) is 0 Å². The van der Waals surface area contributed by atoms with Crippen LogP contribution < -0.4 is 0 Å². The number of rotatable bonds is 1. The molecule has 82 valence electrons. The van der Waals surface area contributed by atoms with E-state index in [1.165, 1.54) is 0 Å². The lowest BCUT2D eigenvalue weighted by Crippen LogP contribution is -2.15. The molecule has 2 unspecified atom stereocenters. The molecule has 13 heavy (non-hydrogen) atoms. The molecule has 2 heteroatoms. The summed E-state index contributed by atoms with van der Waals surface area (Å²) in [5.74, 6) is 1.20. The van der Waals surface area contributed by atoms with E-state index in [2.05, 4.69) is 18.9 Å². The van der Waals surface area contributed by atoms with Gasteiger partial charge in [-0.2, -0.15) is 0 Å². The Morgan fingerprint density at radius 1 is 1.15 bits per heavy atom. The molecule has 1 heterocycles. The molecule has 2 atom stereocenters. The van der Waals surface area contributed by atoms with Crippen LogP contribution in [0.25, 0.3) is 0 Å². The molecule has 0 aromatic carbocycles. The summed E-state index contributed by atoms with van der Waals surface area (Å²) in [6.07, 6.45) is 0. The Bertz CT molecular complexity index is 96.1. The highest BCUT2D eigenvalue weighted by Crippen LogP contribution is 2.20. The number of likely N-dealkylation sites (tertiary alicyclic amines) is 1. The monoisotopic (exact) mass is 189 g/mol. The Kier molecular flexibility index (Phi) is 11.8. The molecule has 0 saturated carbocycles. The minimum absolute atomic E-state index is 0.353. The SMILES string of the molecule is CC.CC.CC1CN(C)CC1CO. The van der Waals surface area contributed by atoms with Crippen LogP contribution in [-0.4, -0.2) is 36.8 Å². The van der Waals surface area contributed by atoms with Crippen molar-refractivity contribution in [1.29, 1.82) is 0 Å². The smallest absolute Gasteiger partial charge is 0.0474 e. The first kappa shape index (κ1) is 15.4. The van der Waals surface area contributed by atoms with Crippen LogP contribution in [-0.2, 0) is 0 Å². The Morgan fingerprint density at radius 3 is 1.77 bits per heavy atom. The van der Waals surface area contributed by atoms with Crippen LogP contribution in [0.1, 0.15) is 34.6 Å². The van der Waals surface area contributed by atoms with Gasteiger partial charge in [-0.1, -0.05) is 34.6 Å². The third kappa shape index (κ3) is 6.05. The molecule has 0 radical (unpaired) electrons. The number of hydrogen-bond donors (Lipinski definition) is 1. The molecule has 0 spiro atoms. The second kappa shape index (κ2) is 10.0. The summed E-state index contributed by atoms with van der Waals surface area (Å²) in [4.78, 5) is 2.27. The van der Waals surface area contributed by atoms with Crippen LogP contribution in [0.5, 0.6) is 0 Å². The van der Waals surface area contributed by atoms with Crippen LogP contribution >= 0.6 is 0 Å². The topological polar surface area (TPSA) is 23.5 Å². The fourth-order valence-corrected chi connectivity index (χ4v) is 1.53. The van der Waals surface area contributed by atoms with Gasteiger partial charge in [0.15, 0.2) is 0 Å². The second-order valence-electron chi connectivity index (χ2n) is 3.14. The van der Waals surface area contributed by atoms with Gasteiger partial charge in [-0.25, -0.2) is 0 Å². The fraction of sp³-hybridized carbons (Fsp3) is 1.00. The Labute approximate surface area is 83.9 Å². The van der Waals surface area contributed by atoms with Crippen molar-refractivity contribution in [2.75, 3.05) is 26.7 Å². The van der Waals surface area contributed by atoms with E-state index in [-0.39, 0.29) is 0 Å². The number of aliphatic hydroxyl groups excluding tert-OH is 1. The molecule has 1 N–H and O–H groups in total. The van der Waals surface area contributed by atoms with Crippen LogP contribution in [0.3, 0.4) is 0 Å². The molecular weight excluding hydrogens is 162 g/mol. The zero-order chi connectivity index (χ0) is 10.9. The number of hydrogen-bond acceptors (Lipinski definition) is 2. The van der Waals surface area contributed by atoms with Crippen LogP contribution in [0.2, 0.25) is 0 Å². The zero-order valence-electron chi connectivity index (χ0n) is 10.2. The van der Waals surface area contributed by atoms with Gasteiger partial charge in [-0.15, -0.1) is 0 Å². The quantitative estimate of drug-likeness (QED) is 0.684. The highest BCUT2D eigenvalue weighted by Gasteiger charge is 2.25. The van der Waals surface area contributed by atoms with Crippen LogP contribution in [0, 0.1) is 11.8 Å². The summed E-state index contributed by atoms with van der Waals surface area (Å²) in [7, 11) is 2.10. The predicted molar refractivity (Wildman–Crippen MR) is 59.9 cm³/mol. The molecule has 1 aliphatic rings. The molecule has 0 amide bonds. The third-order valence-electron chi connectivity index (χ3n) is 2.19. The maximum atomic E-state index is 8.83. The van der Waals surface area contributed by atoms with Crippen LogP contribution in [0.4, 0.5) is 0 Å². The lowest BCUT2D eigenvalue weighted by atomic mass is 10.00. The summed E-state index contributed by atoms with van der Waals surface area (Å²) in [5, 5.41) is 8.83. The van der Waals surface area contributed by atoms with Crippen molar-refractivity contribution in [2.45, 2.75) is 34.6 Å². The van der Waals surface area contributed by atoms with Crippen molar-refractivity contribution in [2.24, 2.45) is 11.8 Å². The fourth-order valence-electron chi connectivity index (χ4n) is 1.53. The van der Waals surface area contributed by atoms with E-state index in [0.29, 0.717) is 18.4 Å². The predicted octanol–water partition coefficient (Wildman–Crippen LogP) is 2.23. The van der Waals surface area contributed by atoms with Crippen molar-refractivity contribution in [3.05, 3.63) is 0 Å². The van der Waals surface area contributed by atoms with E-state index < -0.39 is 0 Å². The Balaban J connectivity index is 0. The standard InChI is InChI=1S/C7H15NO.2C2H6/c1-6-3-8(2)4-7(6)5-9;2*1-2/h6-7,9H,3-5H2,1-2H3;2*1-2H3. The normalized spacial score (nSPS) is 27.0. The van der Waals surface area contributed by atoms with Gasteiger partial charge in [0, 0.05) is 19.7 Å². The van der Waals surface area contributed by atoms with Crippen molar-refractivity contribution < 1.29 is 5.11 Å². The van der Waals surface area contributed by atoms with E-state index in [0.717, 1.165) is 13.1 Å². The molecule has 0 bridgehead atoms. The first-order valence-electron chi connectivity index (χ1n) is 5.53. The molecule has 0 aliphatic carbocycles.